The molecule has 3 aliphatic heterocycles. The Labute approximate surface area is 221 Å². The standard InChI is InChI=1S/C29H30ClN3O4/c30-19-11-13-21(14-12-19)31-26(34)23-22-15-16-29(37-22)24(23)28(36)33(17-18-7-3-1-4-8-18)25(29)27(35)32-20-9-5-2-6-10-20/h1,3-4,7-8,11-16,20,22-25H,2,5-6,9-10,17H2,(H,31,34)(H,32,35)/t22-,23-,24-,25+,29-/m1/s1. The van der Waals surface area contributed by atoms with Crippen LogP contribution in [-0.2, 0) is 25.7 Å². The van der Waals surface area contributed by atoms with Gasteiger partial charge in [-0.3, -0.25) is 14.4 Å². The van der Waals surface area contributed by atoms with Crippen LogP contribution in [0.2, 0.25) is 5.02 Å². The summed E-state index contributed by atoms with van der Waals surface area (Å²) in [5.74, 6) is -2.25. The van der Waals surface area contributed by atoms with Crippen molar-refractivity contribution in [2.75, 3.05) is 5.32 Å². The molecular weight excluding hydrogens is 490 g/mol. The number of hydrogen-bond donors (Lipinski definition) is 2. The van der Waals surface area contributed by atoms with Crippen LogP contribution in [-0.4, -0.2) is 46.4 Å². The number of hydrogen-bond acceptors (Lipinski definition) is 4. The summed E-state index contributed by atoms with van der Waals surface area (Å²) in [6, 6.07) is 15.7. The number of anilines is 1. The second-order valence-electron chi connectivity index (χ2n) is 10.5. The number of carbonyl (C=O) groups excluding carboxylic acids is 3. The lowest BCUT2D eigenvalue weighted by molar-refractivity contribution is -0.142. The fourth-order valence-corrected chi connectivity index (χ4v) is 6.63. The van der Waals surface area contributed by atoms with Crippen molar-refractivity contribution >= 4 is 35.0 Å². The van der Waals surface area contributed by atoms with Gasteiger partial charge in [0.2, 0.25) is 17.7 Å². The van der Waals surface area contributed by atoms with E-state index in [0.29, 0.717) is 10.7 Å². The molecule has 0 radical (unpaired) electrons. The van der Waals surface area contributed by atoms with Crippen molar-refractivity contribution in [2.45, 2.75) is 62.4 Å². The summed E-state index contributed by atoms with van der Waals surface area (Å²) in [5, 5.41) is 6.70. The molecule has 7 nitrogen and oxygen atoms in total. The minimum absolute atomic E-state index is 0.0944. The second-order valence-corrected chi connectivity index (χ2v) is 10.9. The van der Waals surface area contributed by atoms with Gasteiger partial charge in [0.15, 0.2) is 0 Å². The van der Waals surface area contributed by atoms with Gasteiger partial charge in [-0.1, -0.05) is 73.3 Å². The van der Waals surface area contributed by atoms with Gasteiger partial charge in [-0.15, -0.1) is 0 Å². The van der Waals surface area contributed by atoms with Crippen LogP contribution in [0.25, 0.3) is 0 Å². The number of benzene rings is 2. The Morgan fingerprint density at radius 1 is 1.00 bits per heavy atom. The molecule has 2 N–H and O–H groups in total. The summed E-state index contributed by atoms with van der Waals surface area (Å²) in [4.78, 5) is 43.0. The molecule has 6 rings (SSSR count). The van der Waals surface area contributed by atoms with Crippen LogP contribution in [0.5, 0.6) is 0 Å². The number of fused-ring (bicyclic) bond motifs is 1. The second kappa shape index (κ2) is 9.62. The van der Waals surface area contributed by atoms with Gasteiger partial charge < -0.3 is 20.3 Å². The molecule has 4 aliphatic rings. The van der Waals surface area contributed by atoms with E-state index in [4.69, 9.17) is 16.3 Å². The minimum Gasteiger partial charge on any atom is -0.359 e. The highest BCUT2D eigenvalue weighted by Gasteiger charge is 2.72. The first-order valence-corrected chi connectivity index (χ1v) is 13.4. The number of rotatable bonds is 6. The predicted octanol–water partition coefficient (Wildman–Crippen LogP) is 4.08. The van der Waals surface area contributed by atoms with Gasteiger partial charge in [-0.05, 0) is 42.7 Å². The molecule has 3 heterocycles. The zero-order chi connectivity index (χ0) is 25.6. The number of halogens is 1. The molecule has 2 saturated heterocycles. The zero-order valence-electron chi connectivity index (χ0n) is 20.4. The van der Waals surface area contributed by atoms with Gasteiger partial charge in [0.1, 0.15) is 11.6 Å². The van der Waals surface area contributed by atoms with E-state index in [2.05, 4.69) is 10.6 Å². The van der Waals surface area contributed by atoms with Crippen LogP contribution in [0.15, 0.2) is 66.7 Å². The highest BCUT2D eigenvalue weighted by atomic mass is 35.5. The third-order valence-corrected chi connectivity index (χ3v) is 8.44. The van der Waals surface area contributed by atoms with Gasteiger partial charge >= 0.3 is 0 Å². The van der Waals surface area contributed by atoms with Crippen molar-refractivity contribution < 1.29 is 19.1 Å². The van der Waals surface area contributed by atoms with Crippen molar-refractivity contribution in [1.82, 2.24) is 10.2 Å². The molecule has 2 aromatic rings. The van der Waals surface area contributed by atoms with Crippen LogP contribution < -0.4 is 10.6 Å². The van der Waals surface area contributed by atoms with Gasteiger partial charge in [0.25, 0.3) is 0 Å². The van der Waals surface area contributed by atoms with E-state index in [9.17, 15) is 14.4 Å². The summed E-state index contributed by atoms with van der Waals surface area (Å²) in [6.45, 7) is 0.272. The van der Waals surface area contributed by atoms with E-state index in [1.807, 2.05) is 42.5 Å². The summed E-state index contributed by atoms with van der Waals surface area (Å²) in [7, 11) is 0. The Bertz CT molecular complexity index is 1230. The monoisotopic (exact) mass is 519 g/mol. The maximum absolute atomic E-state index is 14.0. The molecular formula is C29H30ClN3O4. The zero-order valence-corrected chi connectivity index (χ0v) is 21.2. The first kappa shape index (κ1) is 24.2. The molecule has 3 amide bonds. The van der Waals surface area contributed by atoms with Crippen LogP contribution in [0.1, 0.15) is 37.7 Å². The Morgan fingerprint density at radius 2 is 1.73 bits per heavy atom. The van der Waals surface area contributed by atoms with Crippen molar-refractivity contribution in [3.05, 3.63) is 77.3 Å². The number of ether oxygens (including phenoxy) is 1. The lowest BCUT2D eigenvalue weighted by Crippen LogP contribution is -2.56. The van der Waals surface area contributed by atoms with E-state index >= 15 is 0 Å². The normalized spacial score (nSPS) is 30.4. The molecule has 1 aliphatic carbocycles. The maximum Gasteiger partial charge on any atom is 0.246 e. The van der Waals surface area contributed by atoms with Crippen LogP contribution in [0.4, 0.5) is 5.69 Å². The average Bonchev–Trinajstić information content (AvgIpc) is 3.54. The summed E-state index contributed by atoms with van der Waals surface area (Å²) >= 11 is 5.99. The molecule has 0 unspecified atom stereocenters. The van der Waals surface area contributed by atoms with Crippen LogP contribution >= 0.6 is 11.6 Å². The average molecular weight is 520 g/mol. The lowest BCUT2D eigenvalue weighted by Gasteiger charge is -2.34. The van der Waals surface area contributed by atoms with Gasteiger partial charge in [-0.25, -0.2) is 0 Å². The molecule has 1 saturated carbocycles. The van der Waals surface area contributed by atoms with Crippen molar-refractivity contribution in [1.29, 1.82) is 0 Å². The number of nitrogens with one attached hydrogen (secondary N) is 2. The SMILES string of the molecule is O=C(Nc1ccc(Cl)cc1)[C@@H]1[C@H]2C=C[C@]3(O2)[C@H](C(=O)NC2CCCCC2)N(Cc2ccccc2)C(=O)[C@@H]13. The van der Waals surface area contributed by atoms with Crippen LogP contribution in [0.3, 0.4) is 0 Å². The summed E-state index contributed by atoms with van der Waals surface area (Å²) < 4.78 is 6.42. The van der Waals surface area contributed by atoms with Gasteiger partial charge in [0, 0.05) is 23.3 Å². The van der Waals surface area contributed by atoms with E-state index in [1.165, 1.54) is 6.42 Å². The molecule has 1 spiro atoms. The van der Waals surface area contributed by atoms with Crippen LogP contribution in [0, 0.1) is 11.8 Å². The van der Waals surface area contributed by atoms with E-state index in [1.54, 1.807) is 29.2 Å². The molecule has 5 atom stereocenters. The maximum atomic E-state index is 14.0. The third-order valence-electron chi connectivity index (χ3n) is 8.18. The predicted molar refractivity (Wildman–Crippen MR) is 140 cm³/mol. The van der Waals surface area contributed by atoms with E-state index in [0.717, 1.165) is 31.2 Å². The topological polar surface area (TPSA) is 87.7 Å². The Hall–Kier alpha value is -3.16. The van der Waals surface area contributed by atoms with E-state index in [-0.39, 0.29) is 30.3 Å². The Balaban J connectivity index is 1.32. The van der Waals surface area contributed by atoms with Crippen molar-refractivity contribution in [3.63, 3.8) is 0 Å². The first-order valence-electron chi connectivity index (χ1n) is 13.0. The first-order chi connectivity index (χ1) is 18.0. The molecule has 3 fully saturated rings. The molecule has 8 heteroatoms. The van der Waals surface area contributed by atoms with E-state index < -0.39 is 29.6 Å². The molecule has 37 heavy (non-hydrogen) atoms. The third kappa shape index (κ3) is 4.24. The fourth-order valence-electron chi connectivity index (χ4n) is 6.50. The smallest absolute Gasteiger partial charge is 0.246 e. The quantitative estimate of drug-likeness (QED) is 0.563. The fraction of sp³-hybridized carbons (Fsp3) is 0.414. The molecule has 192 valence electrons. The van der Waals surface area contributed by atoms with Crippen molar-refractivity contribution in [3.8, 4) is 0 Å². The largest absolute Gasteiger partial charge is 0.359 e. The van der Waals surface area contributed by atoms with Gasteiger partial charge in [-0.2, -0.15) is 0 Å². The number of likely N-dealkylation sites (tertiary alicyclic amines) is 1. The lowest BCUT2D eigenvalue weighted by atomic mass is 9.74. The number of carbonyl (C=O) groups is 3. The Morgan fingerprint density at radius 3 is 2.46 bits per heavy atom. The molecule has 2 aromatic carbocycles. The number of amides is 3. The minimum atomic E-state index is -1.17. The summed E-state index contributed by atoms with van der Waals surface area (Å²) in [6.07, 6.45) is 8.34. The highest BCUT2D eigenvalue weighted by molar-refractivity contribution is 6.30. The Kier molecular flexibility index (Phi) is 6.29. The number of nitrogens with zero attached hydrogens (tertiary/aromatic N) is 1. The highest BCUT2D eigenvalue weighted by Crippen LogP contribution is 2.55. The van der Waals surface area contributed by atoms with Crippen molar-refractivity contribution in [2.24, 2.45) is 11.8 Å². The molecule has 0 aromatic heterocycles. The summed E-state index contributed by atoms with van der Waals surface area (Å²) in [5.41, 5.74) is 0.342. The van der Waals surface area contributed by atoms with Gasteiger partial charge in [0.05, 0.1) is 17.9 Å². The molecule has 2 bridgehead atoms.